The van der Waals surface area contributed by atoms with Crippen molar-refractivity contribution in [2.75, 3.05) is 11.9 Å². The fraction of sp³-hybridized carbons (Fsp3) is 0.485. The Morgan fingerprint density at radius 2 is 1.59 bits per heavy atom. The number of aromatic nitrogens is 2. The number of benzene rings is 2. The van der Waals surface area contributed by atoms with Crippen LogP contribution in [0.4, 0.5) is 5.82 Å². The van der Waals surface area contributed by atoms with Gasteiger partial charge in [0, 0.05) is 24.4 Å². The monoisotopic (exact) mass is 530 g/mol. The average molecular weight is 531 g/mol. The molecule has 0 fully saturated rings. The van der Waals surface area contributed by atoms with Crippen LogP contribution in [0.1, 0.15) is 95.9 Å². The van der Waals surface area contributed by atoms with Gasteiger partial charge in [-0.15, -0.1) is 0 Å². The lowest BCUT2D eigenvalue weighted by atomic mass is 9.92. The minimum atomic E-state index is -0.229. The lowest BCUT2D eigenvalue weighted by molar-refractivity contribution is -0.135. The van der Waals surface area contributed by atoms with Crippen molar-refractivity contribution in [1.82, 2.24) is 14.7 Å². The maximum atomic E-state index is 13.4. The molecule has 210 valence electrons. The van der Waals surface area contributed by atoms with Gasteiger partial charge < -0.3 is 10.2 Å². The molecule has 2 aromatic carbocycles. The summed E-state index contributed by atoms with van der Waals surface area (Å²) in [5, 5.41) is 7.88. The van der Waals surface area contributed by atoms with E-state index in [0.29, 0.717) is 18.8 Å². The molecule has 6 nitrogen and oxygen atoms in total. The lowest BCUT2D eigenvalue weighted by Crippen LogP contribution is -2.37. The first-order valence-electron chi connectivity index (χ1n) is 14.5. The minimum Gasteiger partial charge on any atom is -0.329 e. The average Bonchev–Trinajstić information content (AvgIpc) is 3.32. The summed E-state index contributed by atoms with van der Waals surface area (Å²) in [6.45, 7) is 11.0. The van der Waals surface area contributed by atoms with Crippen LogP contribution in [-0.4, -0.2) is 33.0 Å². The van der Waals surface area contributed by atoms with Gasteiger partial charge in [-0.3, -0.25) is 9.59 Å². The van der Waals surface area contributed by atoms with E-state index in [2.05, 4.69) is 33.0 Å². The molecule has 1 aromatic heterocycles. The van der Waals surface area contributed by atoms with E-state index in [-0.39, 0.29) is 23.8 Å². The van der Waals surface area contributed by atoms with Gasteiger partial charge in [-0.05, 0) is 36.6 Å². The quantitative estimate of drug-likeness (QED) is 0.218. The van der Waals surface area contributed by atoms with Crippen LogP contribution >= 0.6 is 0 Å². The summed E-state index contributed by atoms with van der Waals surface area (Å²) in [5.74, 6) is 0.396. The summed E-state index contributed by atoms with van der Waals surface area (Å²) >= 11 is 0. The number of rotatable bonds is 14. The van der Waals surface area contributed by atoms with E-state index in [0.717, 1.165) is 41.8 Å². The molecule has 1 heterocycles. The highest BCUT2D eigenvalue weighted by Crippen LogP contribution is 2.26. The van der Waals surface area contributed by atoms with Crippen molar-refractivity contribution < 1.29 is 9.59 Å². The number of aryl methyl sites for hydroxylation is 1. The molecular formula is C33H46N4O2. The topological polar surface area (TPSA) is 67.2 Å². The Labute approximate surface area is 234 Å². The smallest absolute Gasteiger partial charge is 0.245 e. The van der Waals surface area contributed by atoms with Crippen molar-refractivity contribution in [2.24, 2.45) is 0 Å². The number of hydrogen-bond donors (Lipinski definition) is 1. The van der Waals surface area contributed by atoms with Crippen molar-refractivity contribution in [3.8, 4) is 5.69 Å². The van der Waals surface area contributed by atoms with E-state index in [9.17, 15) is 9.59 Å². The summed E-state index contributed by atoms with van der Waals surface area (Å²) in [6, 6.07) is 19.8. The van der Waals surface area contributed by atoms with Gasteiger partial charge in [0.15, 0.2) is 0 Å². The molecule has 2 amide bonds. The van der Waals surface area contributed by atoms with E-state index >= 15 is 0 Å². The first-order valence-corrected chi connectivity index (χ1v) is 14.5. The standard InChI is InChI=1S/C33H46N4O2/c1-6-7-8-9-10-11-15-21-32(39)36(24-27-18-13-12-14-19-27)25-31(38)34-30-23-29(33(3,4)5)35-37(30)28-20-16-17-26(2)22-28/h12-14,16-20,22-23H,6-11,15,21,24-25H2,1-5H3,(H,34,38). The molecule has 0 radical (unpaired) electrons. The van der Waals surface area contributed by atoms with Gasteiger partial charge in [0.25, 0.3) is 0 Å². The maximum absolute atomic E-state index is 13.4. The second-order valence-electron chi connectivity index (χ2n) is 11.6. The third-order valence-electron chi connectivity index (χ3n) is 6.89. The molecule has 0 spiro atoms. The molecule has 39 heavy (non-hydrogen) atoms. The zero-order valence-electron chi connectivity index (χ0n) is 24.5. The highest BCUT2D eigenvalue weighted by Gasteiger charge is 2.23. The third-order valence-corrected chi connectivity index (χ3v) is 6.89. The number of anilines is 1. The predicted molar refractivity (Wildman–Crippen MR) is 160 cm³/mol. The molecule has 0 aliphatic rings. The van der Waals surface area contributed by atoms with Crippen molar-refractivity contribution in [2.45, 2.75) is 97.9 Å². The largest absolute Gasteiger partial charge is 0.329 e. The van der Waals surface area contributed by atoms with Crippen LogP contribution < -0.4 is 5.32 Å². The molecule has 3 rings (SSSR count). The minimum absolute atomic E-state index is 0.00588. The molecule has 3 aromatic rings. The van der Waals surface area contributed by atoms with Gasteiger partial charge in [0.2, 0.25) is 11.8 Å². The highest BCUT2D eigenvalue weighted by molar-refractivity contribution is 5.94. The fourth-order valence-electron chi connectivity index (χ4n) is 4.58. The molecule has 0 bridgehead atoms. The Morgan fingerprint density at radius 3 is 2.26 bits per heavy atom. The SMILES string of the molecule is CCCCCCCCCC(=O)N(CC(=O)Nc1cc(C(C)(C)C)nn1-c1cccc(C)c1)Cc1ccccc1. The molecule has 0 saturated carbocycles. The van der Waals surface area contributed by atoms with Gasteiger partial charge in [0.1, 0.15) is 12.4 Å². The number of carbonyl (C=O) groups is 2. The Balaban J connectivity index is 1.72. The summed E-state index contributed by atoms with van der Waals surface area (Å²) in [5.41, 5.74) is 3.72. The molecule has 0 aliphatic heterocycles. The van der Waals surface area contributed by atoms with Crippen molar-refractivity contribution in [3.05, 3.63) is 77.5 Å². The molecular weight excluding hydrogens is 484 g/mol. The zero-order valence-corrected chi connectivity index (χ0v) is 24.5. The number of amides is 2. The van der Waals surface area contributed by atoms with Crippen molar-refractivity contribution >= 4 is 17.6 Å². The van der Waals surface area contributed by atoms with E-state index in [1.165, 1.54) is 25.7 Å². The number of carbonyl (C=O) groups excluding carboxylic acids is 2. The van der Waals surface area contributed by atoms with Gasteiger partial charge in [-0.25, -0.2) is 4.68 Å². The van der Waals surface area contributed by atoms with Crippen molar-refractivity contribution in [3.63, 3.8) is 0 Å². The zero-order chi connectivity index (χ0) is 28.3. The van der Waals surface area contributed by atoms with E-state index in [1.807, 2.05) is 67.6 Å². The second-order valence-corrected chi connectivity index (χ2v) is 11.6. The normalized spacial score (nSPS) is 11.4. The highest BCUT2D eigenvalue weighted by atomic mass is 16.2. The van der Waals surface area contributed by atoms with Gasteiger partial charge in [0.05, 0.1) is 11.4 Å². The first kappa shape index (κ1) is 30.1. The van der Waals surface area contributed by atoms with Gasteiger partial charge >= 0.3 is 0 Å². The number of hydrogen-bond acceptors (Lipinski definition) is 3. The van der Waals surface area contributed by atoms with E-state index in [4.69, 9.17) is 5.10 Å². The molecule has 0 atom stereocenters. The summed E-state index contributed by atoms with van der Waals surface area (Å²) in [7, 11) is 0. The van der Waals surface area contributed by atoms with Crippen molar-refractivity contribution in [1.29, 1.82) is 0 Å². The van der Waals surface area contributed by atoms with Crippen LogP contribution in [0.15, 0.2) is 60.7 Å². The third kappa shape index (κ3) is 9.68. The number of unbranched alkanes of at least 4 members (excludes halogenated alkanes) is 6. The van der Waals surface area contributed by atoms with Gasteiger partial charge in [-0.1, -0.05) is 109 Å². The predicted octanol–water partition coefficient (Wildman–Crippen LogP) is 7.59. The Bertz CT molecular complexity index is 1190. The van der Waals surface area contributed by atoms with E-state index < -0.39 is 0 Å². The molecule has 1 N–H and O–H groups in total. The summed E-state index contributed by atoms with van der Waals surface area (Å²) in [6.07, 6.45) is 8.52. The Kier molecular flexibility index (Phi) is 11.3. The van der Waals surface area contributed by atoms with Crippen LogP contribution in [0.3, 0.4) is 0 Å². The van der Waals surface area contributed by atoms with Crippen LogP contribution in [-0.2, 0) is 21.5 Å². The van der Waals surface area contributed by atoms with E-state index in [1.54, 1.807) is 9.58 Å². The Hall–Kier alpha value is -3.41. The number of nitrogens with one attached hydrogen (secondary N) is 1. The summed E-state index contributed by atoms with van der Waals surface area (Å²) in [4.78, 5) is 28.3. The second kappa shape index (κ2) is 14.7. The van der Waals surface area contributed by atoms with Crippen LogP contribution in [0.5, 0.6) is 0 Å². The molecule has 0 aliphatic carbocycles. The van der Waals surface area contributed by atoms with Gasteiger partial charge in [-0.2, -0.15) is 5.10 Å². The molecule has 0 saturated heterocycles. The maximum Gasteiger partial charge on any atom is 0.245 e. The summed E-state index contributed by atoms with van der Waals surface area (Å²) < 4.78 is 1.79. The fourth-order valence-corrected chi connectivity index (χ4v) is 4.58. The number of nitrogens with zero attached hydrogens (tertiary/aromatic N) is 3. The van der Waals surface area contributed by atoms with Crippen LogP contribution in [0, 0.1) is 6.92 Å². The Morgan fingerprint density at radius 1 is 0.897 bits per heavy atom. The lowest BCUT2D eigenvalue weighted by Gasteiger charge is -2.22. The molecule has 0 unspecified atom stereocenters. The van der Waals surface area contributed by atoms with Crippen LogP contribution in [0.25, 0.3) is 5.69 Å². The first-order chi connectivity index (χ1) is 18.7. The van der Waals surface area contributed by atoms with Crippen LogP contribution in [0.2, 0.25) is 0 Å². The molecule has 6 heteroatoms.